The third-order valence-corrected chi connectivity index (χ3v) is 3.76. The highest BCUT2D eigenvalue weighted by Crippen LogP contribution is 2.31. The van der Waals surface area contributed by atoms with Gasteiger partial charge in [-0.2, -0.15) is 23.3 Å². The zero-order valence-electron chi connectivity index (χ0n) is 13.1. The highest BCUT2D eigenvalue weighted by molar-refractivity contribution is 5.57. The van der Waals surface area contributed by atoms with Crippen LogP contribution in [0.5, 0.6) is 0 Å². The number of piperazine rings is 1. The van der Waals surface area contributed by atoms with Gasteiger partial charge in [-0.25, -0.2) is 0 Å². The molecule has 0 unspecified atom stereocenters. The third-order valence-electron chi connectivity index (χ3n) is 3.76. The first-order valence-electron chi connectivity index (χ1n) is 7.54. The second-order valence-electron chi connectivity index (χ2n) is 5.47. The Kier molecular flexibility index (Phi) is 4.68. The molecule has 1 N–H and O–H groups in total. The van der Waals surface area contributed by atoms with Crippen molar-refractivity contribution < 1.29 is 18.0 Å². The summed E-state index contributed by atoms with van der Waals surface area (Å²) in [4.78, 5) is 18.5. The van der Waals surface area contributed by atoms with Crippen LogP contribution in [0.25, 0.3) is 0 Å². The maximum absolute atomic E-state index is 12.8. The highest BCUT2D eigenvalue weighted by Gasteiger charge is 2.30. The van der Waals surface area contributed by atoms with Crippen LogP contribution < -0.4 is 10.2 Å². The minimum atomic E-state index is -4.41. The van der Waals surface area contributed by atoms with Gasteiger partial charge in [0.1, 0.15) is 0 Å². The molecule has 0 bridgehead atoms. The average molecular weight is 352 g/mol. The van der Waals surface area contributed by atoms with E-state index in [9.17, 15) is 18.0 Å². The third kappa shape index (κ3) is 4.14. The number of hydrogen-bond acceptors (Lipinski definition) is 6. The number of nitrogens with zero attached hydrogens (tertiary/aromatic N) is 5. The zero-order chi connectivity index (χ0) is 17.9. The molecule has 0 spiro atoms. The van der Waals surface area contributed by atoms with E-state index in [1.165, 1.54) is 18.3 Å². The Bertz CT molecular complexity index is 746. The predicted molar refractivity (Wildman–Crippen MR) is 84.4 cm³/mol. The van der Waals surface area contributed by atoms with Crippen LogP contribution >= 0.6 is 0 Å². The summed E-state index contributed by atoms with van der Waals surface area (Å²) in [5.74, 6) is 0.657. The Morgan fingerprint density at radius 1 is 1.16 bits per heavy atom. The van der Waals surface area contributed by atoms with Gasteiger partial charge in [-0.1, -0.05) is 6.07 Å². The van der Waals surface area contributed by atoms with Gasteiger partial charge in [0.2, 0.25) is 12.4 Å². The molecule has 0 atom stereocenters. The summed E-state index contributed by atoms with van der Waals surface area (Å²) in [6.45, 7) is 2.23. The SMILES string of the molecule is O=CN1CCN(c2nncc(Nc3cccc(C(F)(F)F)c3)n2)CC1. The number of rotatable bonds is 4. The normalized spacial score (nSPS) is 15.2. The molecule has 3 rings (SSSR count). The minimum absolute atomic E-state index is 0.257. The molecule has 1 aromatic carbocycles. The Morgan fingerprint density at radius 3 is 2.60 bits per heavy atom. The topological polar surface area (TPSA) is 74.2 Å². The van der Waals surface area contributed by atoms with Crippen LogP contribution in [-0.4, -0.2) is 52.7 Å². The van der Waals surface area contributed by atoms with Crippen molar-refractivity contribution >= 4 is 23.9 Å². The minimum Gasteiger partial charge on any atom is -0.342 e. The molecule has 132 valence electrons. The molecular formula is C15H15F3N6O. The van der Waals surface area contributed by atoms with E-state index in [-0.39, 0.29) is 5.69 Å². The zero-order valence-corrected chi connectivity index (χ0v) is 13.1. The van der Waals surface area contributed by atoms with Gasteiger partial charge in [0.05, 0.1) is 11.8 Å². The standard InChI is InChI=1S/C15H15F3N6O/c16-15(17,18)11-2-1-3-12(8-11)20-13-9-19-22-14(21-13)24-6-4-23(10-25)5-7-24/h1-3,8-10H,4-7H2,(H,20,21,22). The summed E-state index contributed by atoms with van der Waals surface area (Å²) in [7, 11) is 0. The van der Waals surface area contributed by atoms with E-state index in [1.54, 1.807) is 4.90 Å². The number of carbonyl (C=O) groups excluding carboxylic acids is 1. The van der Waals surface area contributed by atoms with Crippen molar-refractivity contribution in [3.8, 4) is 0 Å². The van der Waals surface area contributed by atoms with Gasteiger partial charge in [0.25, 0.3) is 0 Å². The molecule has 2 heterocycles. The van der Waals surface area contributed by atoms with Crippen molar-refractivity contribution in [2.45, 2.75) is 6.18 Å². The van der Waals surface area contributed by atoms with Gasteiger partial charge in [0, 0.05) is 31.9 Å². The summed E-state index contributed by atoms with van der Waals surface area (Å²) in [5.41, 5.74) is -0.489. The lowest BCUT2D eigenvalue weighted by Gasteiger charge is -2.32. The van der Waals surface area contributed by atoms with Gasteiger partial charge in [-0.05, 0) is 18.2 Å². The van der Waals surface area contributed by atoms with Crippen LogP contribution in [0.1, 0.15) is 5.56 Å². The molecule has 2 aromatic rings. The number of hydrogen-bond donors (Lipinski definition) is 1. The largest absolute Gasteiger partial charge is 0.416 e. The average Bonchev–Trinajstić information content (AvgIpc) is 2.61. The lowest BCUT2D eigenvalue weighted by atomic mass is 10.2. The van der Waals surface area contributed by atoms with E-state index in [0.29, 0.717) is 37.9 Å². The first kappa shape index (κ1) is 16.9. The molecule has 1 saturated heterocycles. The highest BCUT2D eigenvalue weighted by atomic mass is 19.4. The lowest BCUT2D eigenvalue weighted by molar-refractivity contribution is -0.137. The first-order chi connectivity index (χ1) is 12.0. The number of anilines is 3. The number of aromatic nitrogens is 3. The molecule has 0 aliphatic carbocycles. The van der Waals surface area contributed by atoms with E-state index < -0.39 is 11.7 Å². The van der Waals surface area contributed by atoms with Crippen LogP contribution in [0.3, 0.4) is 0 Å². The molecule has 1 aliphatic rings. The molecule has 10 heteroatoms. The molecule has 1 aliphatic heterocycles. The van der Waals surface area contributed by atoms with Crippen LogP contribution in [0.2, 0.25) is 0 Å². The van der Waals surface area contributed by atoms with Gasteiger partial charge in [-0.15, -0.1) is 5.10 Å². The van der Waals surface area contributed by atoms with Crippen molar-refractivity contribution in [2.24, 2.45) is 0 Å². The smallest absolute Gasteiger partial charge is 0.342 e. The fourth-order valence-electron chi connectivity index (χ4n) is 2.44. The Hall–Kier alpha value is -2.91. The summed E-state index contributed by atoms with van der Waals surface area (Å²) in [6.07, 6.45) is -2.28. The van der Waals surface area contributed by atoms with Gasteiger partial charge >= 0.3 is 6.18 Å². The van der Waals surface area contributed by atoms with E-state index in [2.05, 4.69) is 20.5 Å². The quantitative estimate of drug-likeness (QED) is 0.848. The van der Waals surface area contributed by atoms with Crippen molar-refractivity contribution in [3.63, 3.8) is 0 Å². The Balaban J connectivity index is 1.73. The number of benzene rings is 1. The lowest BCUT2D eigenvalue weighted by Crippen LogP contribution is -2.46. The molecule has 1 aromatic heterocycles. The van der Waals surface area contributed by atoms with Gasteiger partial charge in [-0.3, -0.25) is 4.79 Å². The molecule has 0 saturated carbocycles. The van der Waals surface area contributed by atoms with E-state index in [1.807, 2.05) is 4.90 Å². The maximum atomic E-state index is 12.8. The molecule has 0 radical (unpaired) electrons. The number of nitrogens with one attached hydrogen (secondary N) is 1. The molecule has 25 heavy (non-hydrogen) atoms. The van der Waals surface area contributed by atoms with Gasteiger partial charge < -0.3 is 15.1 Å². The van der Waals surface area contributed by atoms with Gasteiger partial charge in [0.15, 0.2) is 5.82 Å². The molecule has 1 amide bonds. The van der Waals surface area contributed by atoms with Crippen LogP contribution in [-0.2, 0) is 11.0 Å². The van der Waals surface area contributed by atoms with Crippen molar-refractivity contribution in [1.82, 2.24) is 20.1 Å². The molecule has 7 nitrogen and oxygen atoms in total. The fraction of sp³-hybridized carbons (Fsp3) is 0.333. The molecule has 1 fully saturated rings. The summed E-state index contributed by atoms with van der Waals surface area (Å²) in [5, 5.41) is 10.6. The Labute approximate surface area is 141 Å². The summed E-state index contributed by atoms with van der Waals surface area (Å²) < 4.78 is 38.3. The van der Waals surface area contributed by atoms with E-state index in [0.717, 1.165) is 18.5 Å². The summed E-state index contributed by atoms with van der Waals surface area (Å²) >= 11 is 0. The Morgan fingerprint density at radius 2 is 1.92 bits per heavy atom. The molecular weight excluding hydrogens is 337 g/mol. The van der Waals surface area contributed by atoms with E-state index >= 15 is 0 Å². The fourth-order valence-corrected chi connectivity index (χ4v) is 2.44. The number of carbonyl (C=O) groups is 1. The summed E-state index contributed by atoms with van der Waals surface area (Å²) in [6, 6.07) is 4.84. The number of halogens is 3. The van der Waals surface area contributed by atoms with Crippen LogP contribution in [0.4, 0.5) is 30.6 Å². The second-order valence-corrected chi connectivity index (χ2v) is 5.47. The number of amides is 1. The first-order valence-corrected chi connectivity index (χ1v) is 7.54. The predicted octanol–water partition coefficient (Wildman–Crippen LogP) is 1.91. The van der Waals surface area contributed by atoms with Crippen LogP contribution in [0, 0.1) is 0 Å². The maximum Gasteiger partial charge on any atom is 0.416 e. The number of alkyl halides is 3. The van der Waals surface area contributed by atoms with E-state index in [4.69, 9.17) is 0 Å². The monoisotopic (exact) mass is 352 g/mol. The van der Waals surface area contributed by atoms with Crippen molar-refractivity contribution in [3.05, 3.63) is 36.0 Å². The second kappa shape index (κ2) is 6.91. The van der Waals surface area contributed by atoms with Crippen LogP contribution in [0.15, 0.2) is 30.5 Å². The van der Waals surface area contributed by atoms with Crippen molar-refractivity contribution in [2.75, 3.05) is 36.4 Å². The van der Waals surface area contributed by atoms with Crippen molar-refractivity contribution in [1.29, 1.82) is 0 Å².